The zero-order chi connectivity index (χ0) is 12.3. The van der Waals surface area contributed by atoms with Crippen molar-refractivity contribution >= 4 is 27.8 Å². The van der Waals surface area contributed by atoms with E-state index in [-0.39, 0.29) is 5.91 Å². The molecule has 0 fully saturated rings. The minimum Gasteiger partial charge on any atom is -0.480 e. The van der Waals surface area contributed by atoms with Crippen LogP contribution in [0.3, 0.4) is 0 Å². The molecule has 1 aromatic carbocycles. The van der Waals surface area contributed by atoms with E-state index in [1.54, 1.807) is 12.1 Å². The predicted molar refractivity (Wildman–Crippen MR) is 63.4 cm³/mol. The Balaban J connectivity index is 2.84. The lowest BCUT2D eigenvalue weighted by atomic mass is 10.1. The van der Waals surface area contributed by atoms with E-state index in [1.165, 1.54) is 6.92 Å². The molecule has 0 heterocycles. The molecule has 86 valence electrons. The summed E-state index contributed by atoms with van der Waals surface area (Å²) in [5.74, 6) is -1.45. The number of rotatable bonds is 3. The molecule has 5 heteroatoms. The second-order valence-corrected chi connectivity index (χ2v) is 4.47. The third-order valence-electron chi connectivity index (χ3n) is 2.02. The molecular weight excluding hydrogens is 274 g/mol. The van der Waals surface area contributed by atoms with Crippen LogP contribution >= 0.6 is 15.9 Å². The minimum absolute atomic E-state index is 0.390. The smallest absolute Gasteiger partial charge is 0.325 e. The largest absolute Gasteiger partial charge is 0.480 e. The maximum Gasteiger partial charge on any atom is 0.325 e. The number of halogens is 1. The fourth-order valence-corrected chi connectivity index (χ4v) is 1.82. The highest BCUT2D eigenvalue weighted by Crippen LogP contribution is 2.15. The van der Waals surface area contributed by atoms with Gasteiger partial charge in [-0.3, -0.25) is 9.59 Å². The number of hydrogen-bond acceptors (Lipinski definition) is 2. The second kappa shape index (κ2) is 5.12. The van der Waals surface area contributed by atoms with Gasteiger partial charge in [0.15, 0.2) is 0 Å². The molecule has 0 aliphatic rings. The molecule has 1 amide bonds. The molecular formula is C11H12BrNO3. The van der Waals surface area contributed by atoms with Gasteiger partial charge >= 0.3 is 5.97 Å². The van der Waals surface area contributed by atoms with Crippen molar-refractivity contribution in [1.29, 1.82) is 0 Å². The fraction of sp³-hybridized carbons (Fsp3) is 0.273. The number of nitrogens with one attached hydrogen (secondary N) is 1. The highest BCUT2D eigenvalue weighted by Gasteiger charge is 2.15. The summed E-state index contributed by atoms with van der Waals surface area (Å²) in [5.41, 5.74) is 1.38. The first-order valence-electron chi connectivity index (χ1n) is 4.71. The van der Waals surface area contributed by atoms with Crippen LogP contribution in [0.4, 0.5) is 0 Å². The maximum absolute atomic E-state index is 11.7. The Hall–Kier alpha value is -1.36. The van der Waals surface area contributed by atoms with Gasteiger partial charge in [0.25, 0.3) is 5.91 Å². The van der Waals surface area contributed by atoms with Gasteiger partial charge in [-0.1, -0.05) is 15.9 Å². The maximum atomic E-state index is 11.7. The minimum atomic E-state index is -1.06. The molecule has 1 atom stereocenters. The third-order valence-corrected chi connectivity index (χ3v) is 2.48. The molecule has 16 heavy (non-hydrogen) atoms. The van der Waals surface area contributed by atoms with Crippen LogP contribution in [0, 0.1) is 6.92 Å². The summed E-state index contributed by atoms with van der Waals surface area (Å²) in [4.78, 5) is 22.2. The topological polar surface area (TPSA) is 66.4 Å². The van der Waals surface area contributed by atoms with Gasteiger partial charge in [-0.15, -0.1) is 0 Å². The van der Waals surface area contributed by atoms with Crippen LogP contribution in [0.5, 0.6) is 0 Å². The van der Waals surface area contributed by atoms with E-state index in [2.05, 4.69) is 21.2 Å². The number of hydrogen-bond donors (Lipinski definition) is 2. The molecule has 1 rings (SSSR count). The quantitative estimate of drug-likeness (QED) is 0.892. The van der Waals surface area contributed by atoms with Crippen molar-refractivity contribution in [3.05, 3.63) is 33.8 Å². The van der Waals surface area contributed by atoms with Gasteiger partial charge in [0.2, 0.25) is 0 Å². The van der Waals surface area contributed by atoms with Gasteiger partial charge in [-0.05, 0) is 37.6 Å². The van der Waals surface area contributed by atoms with Crippen LogP contribution in [0.25, 0.3) is 0 Å². The van der Waals surface area contributed by atoms with Crippen LogP contribution in [0.2, 0.25) is 0 Å². The summed E-state index contributed by atoms with van der Waals surface area (Å²) in [6, 6.07) is 4.33. The van der Waals surface area contributed by atoms with Gasteiger partial charge in [-0.2, -0.15) is 0 Å². The highest BCUT2D eigenvalue weighted by atomic mass is 79.9. The molecule has 0 aliphatic heterocycles. The van der Waals surface area contributed by atoms with Crippen molar-refractivity contribution in [2.45, 2.75) is 19.9 Å². The number of amides is 1. The number of carboxylic acids is 1. The van der Waals surface area contributed by atoms with Crippen LogP contribution in [0.1, 0.15) is 22.8 Å². The molecule has 0 spiro atoms. The Morgan fingerprint density at radius 1 is 1.38 bits per heavy atom. The molecule has 1 aromatic rings. The lowest BCUT2D eigenvalue weighted by Gasteiger charge is -2.09. The number of aliphatic carboxylic acids is 1. The Labute approximate surface area is 102 Å². The molecule has 4 nitrogen and oxygen atoms in total. The molecule has 2 N–H and O–H groups in total. The van der Waals surface area contributed by atoms with E-state index in [9.17, 15) is 9.59 Å². The monoisotopic (exact) mass is 285 g/mol. The molecule has 1 unspecified atom stereocenters. The average Bonchev–Trinajstić information content (AvgIpc) is 2.15. The van der Waals surface area contributed by atoms with Crippen molar-refractivity contribution < 1.29 is 14.7 Å². The SMILES string of the molecule is Cc1cc(Br)cc(C(=O)NC(C)C(=O)O)c1. The Morgan fingerprint density at radius 2 is 2.00 bits per heavy atom. The number of benzene rings is 1. The molecule has 0 saturated carbocycles. The van der Waals surface area contributed by atoms with Gasteiger partial charge in [0, 0.05) is 10.0 Å². The van der Waals surface area contributed by atoms with Crippen molar-refractivity contribution in [3.8, 4) is 0 Å². The van der Waals surface area contributed by atoms with Crippen molar-refractivity contribution in [2.75, 3.05) is 0 Å². The number of aryl methyl sites for hydroxylation is 1. The van der Waals surface area contributed by atoms with E-state index >= 15 is 0 Å². The lowest BCUT2D eigenvalue weighted by Crippen LogP contribution is -2.38. The fourth-order valence-electron chi connectivity index (χ4n) is 1.21. The van der Waals surface area contributed by atoms with Gasteiger partial charge in [0.05, 0.1) is 0 Å². The second-order valence-electron chi connectivity index (χ2n) is 3.55. The highest BCUT2D eigenvalue weighted by molar-refractivity contribution is 9.10. The number of carbonyl (C=O) groups excluding carboxylic acids is 1. The van der Waals surface area contributed by atoms with E-state index in [1.807, 2.05) is 13.0 Å². The molecule has 0 saturated heterocycles. The van der Waals surface area contributed by atoms with Crippen LogP contribution in [-0.2, 0) is 4.79 Å². The average molecular weight is 286 g/mol. The van der Waals surface area contributed by atoms with Gasteiger partial charge < -0.3 is 10.4 Å². The standard InChI is InChI=1S/C11H12BrNO3/c1-6-3-8(5-9(12)4-6)10(14)13-7(2)11(15)16/h3-5,7H,1-2H3,(H,13,14)(H,15,16). The summed E-state index contributed by atoms with van der Waals surface area (Å²) in [6.07, 6.45) is 0. The van der Waals surface area contributed by atoms with Crippen molar-refractivity contribution in [1.82, 2.24) is 5.32 Å². The normalized spacial score (nSPS) is 11.9. The van der Waals surface area contributed by atoms with Crippen LogP contribution in [-0.4, -0.2) is 23.0 Å². The molecule has 0 aromatic heterocycles. The van der Waals surface area contributed by atoms with E-state index in [0.29, 0.717) is 5.56 Å². The lowest BCUT2D eigenvalue weighted by molar-refractivity contribution is -0.138. The number of carboxylic acid groups (broad SMARTS) is 1. The zero-order valence-electron chi connectivity index (χ0n) is 8.95. The van der Waals surface area contributed by atoms with Crippen LogP contribution in [0.15, 0.2) is 22.7 Å². The Bertz CT molecular complexity index is 411. The van der Waals surface area contributed by atoms with E-state index < -0.39 is 12.0 Å². The Morgan fingerprint density at radius 3 is 2.50 bits per heavy atom. The first-order chi connectivity index (χ1) is 7.40. The number of carbonyl (C=O) groups is 2. The first-order valence-corrected chi connectivity index (χ1v) is 5.50. The molecule has 0 bridgehead atoms. The van der Waals surface area contributed by atoms with Gasteiger partial charge in [0.1, 0.15) is 6.04 Å². The Kier molecular flexibility index (Phi) is 4.06. The summed E-state index contributed by atoms with van der Waals surface area (Å²) in [7, 11) is 0. The van der Waals surface area contributed by atoms with Crippen molar-refractivity contribution in [2.24, 2.45) is 0 Å². The molecule has 0 radical (unpaired) electrons. The zero-order valence-corrected chi connectivity index (χ0v) is 10.5. The van der Waals surface area contributed by atoms with Crippen molar-refractivity contribution in [3.63, 3.8) is 0 Å². The van der Waals surface area contributed by atoms with Crippen LogP contribution < -0.4 is 5.32 Å². The first kappa shape index (κ1) is 12.7. The van der Waals surface area contributed by atoms with Gasteiger partial charge in [-0.25, -0.2) is 0 Å². The summed E-state index contributed by atoms with van der Waals surface area (Å²) in [5, 5.41) is 11.1. The molecule has 0 aliphatic carbocycles. The summed E-state index contributed by atoms with van der Waals surface area (Å²) < 4.78 is 0.792. The summed E-state index contributed by atoms with van der Waals surface area (Å²) in [6.45, 7) is 3.28. The van der Waals surface area contributed by atoms with E-state index in [0.717, 1.165) is 10.0 Å². The third kappa shape index (κ3) is 3.34. The summed E-state index contributed by atoms with van der Waals surface area (Å²) >= 11 is 3.28. The predicted octanol–water partition coefficient (Wildman–Crippen LogP) is 1.96. The van der Waals surface area contributed by atoms with E-state index in [4.69, 9.17) is 5.11 Å².